The number of hydrogen-bond acceptors (Lipinski definition) is 4. The number of carbonyl (C=O) groups excluding carboxylic acids is 2. The first kappa shape index (κ1) is 16.7. The van der Waals surface area contributed by atoms with Crippen molar-refractivity contribution in [2.45, 2.75) is 11.8 Å². The minimum absolute atomic E-state index is 0.0835. The van der Waals surface area contributed by atoms with Gasteiger partial charge in [-0.15, -0.1) is 0 Å². The molecule has 0 aliphatic heterocycles. The number of nitrogens with two attached hydrogens (primary N) is 1. The zero-order chi connectivity index (χ0) is 17.0. The molecule has 0 atom stereocenters. The Bertz CT molecular complexity index is 845. The molecule has 0 saturated carbocycles. The molecule has 0 aliphatic carbocycles. The lowest BCUT2D eigenvalue weighted by molar-refractivity contribution is -0.133. The summed E-state index contributed by atoms with van der Waals surface area (Å²) in [5.74, 6) is -1.69. The number of aryl methyl sites for hydroxylation is 1. The van der Waals surface area contributed by atoms with Crippen molar-refractivity contribution >= 4 is 33.2 Å². The van der Waals surface area contributed by atoms with Crippen LogP contribution in [0.5, 0.6) is 0 Å². The second-order valence-corrected chi connectivity index (χ2v) is 6.35. The van der Waals surface area contributed by atoms with Crippen LogP contribution in [0.25, 0.3) is 0 Å². The SMILES string of the molecule is Cc1ccccc1NC(=O)C(=O)Nc1ccc(S(N)(=O)=O)cc1. The molecule has 7 nitrogen and oxygen atoms in total. The van der Waals surface area contributed by atoms with Crippen molar-refractivity contribution in [2.75, 3.05) is 10.6 Å². The summed E-state index contributed by atoms with van der Waals surface area (Å²) in [7, 11) is -3.80. The number of sulfonamides is 1. The van der Waals surface area contributed by atoms with Crippen LogP contribution in [0.2, 0.25) is 0 Å². The first-order valence-corrected chi connectivity index (χ1v) is 8.13. The molecule has 120 valence electrons. The molecule has 2 rings (SSSR count). The molecule has 23 heavy (non-hydrogen) atoms. The van der Waals surface area contributed by atoms with Crippen molar-refractivity contribution in [1.29, 1.82) is 0 Å². The molecular weight excluding hydrogens is 318 g/mol. The highest BCUT2D eigenvalue weighted by atomic mass is 32.2. The third-order valence-corrected chi connectivity index (χ3v) is 3.97. The van der Waals surface area contributed by atoms with E-state index >= 15 is 0 Å². The lowest BCUT2D eigenvalue weighted by Crippen LogP contribution is -2.29. The molecule has 2 amide bonds. The lowest BCUT2D eigenvalue weighted by Gasteiger charge is -2.08. The van der Waals surface area contributed by atoms with E-state index in [-0.39, 0.29) is 10.6 Å². The Labute approximate surface area is 133 Å². The van der Waals surface area contributed by atoms with Gasteiger partial charge in [-0.2, -0.15) is 0 Å². The molecule has 0 spiro atoms. The van der Waals surface area contributed by atoms with Crippen molar-refractivity contribution in [1.82, 2.24) is 0 Å². The van der Waals surface area contributed by atoms with Crippen molar-refractivity contribution in [2.24, 2.45) is 5.14 Å². The summed E-state index contributed by atoms with van der Waals surface area (Å²) in [6.45, 7) is 1.81. The van der Waals surface area contributed by atoms with E-state index < -0.39 is 21.8 Å². The van der Waals surface area contributed by atoms with Crippen LogP contribution < -0.4 is 15.8 Å². The van der Waals surface area contributed by atoms with Gasteiger partial charge in [0, 0.05) is 11.4 Å². The van der Waals surface area contributed by atoms with E-state index in [1.807, 2.05) is 6.07 Å². The molecular formula is C15H15N3O4S. The fourth-order valence-electron chi connectivity index (χ4n) is 1.81. The normalized spacial score (nSPS) is 10.9. The first-order chi connectivity index (χ1) is 10.8. The van der Waals surface area contributed by atoms with E-state index in [1.54, 1.807) is 25.1 Å². The molecule has 0 radical (unpaired) electrons. The number of carbonyl (C=O) groups is 2. The minimum Gasteiger partial charge on any atom is -0.318 e. The maximum absolute atomic E-state index is 11.9. The number of rotatable bonds is 3. The number of nitrogens with one attached hydrogen (secondary N) is 2. The van der Waals surface area contributed by atoms with E-state index in [1.165, 1.54) is 24.3 Å². The van der Waals surface area contributed by atoms with Gasteiger partial charge in [0.1, 0.15) is 0 Å². The molecule has 0 unspecified atom stereocenters. The molecule has 0 heterocycles. The zero-order valence-electron chi connectivity index (χ0n) is 12.2. The molecule has 2 aromatic rings. The Hall–Kier alpha value is -2.71. The molecule has 0 fully saturated rings. The topological polar surface area (TPSA) is 118 Å². The standard InChI is InChI=1S/C15H15N3O4S/c1-10-4-2-3-5-13(10)18-15(20)14(19)17-11-6-8-12(9-7-11)23(16,21)22/h2-9H,1H3,(H,17,19)(H,18,20)(H2,16,21,22). The predicted molar refractivity (Wildman–Crippen MR) is 86.3 cm³/mol. The van der Waals surface area contributed by atoms with Crippen molar-refractivity contribution in [3.63, 3.8) is 0 Å². The van der Waals surface area contributed by atoms with Crippen LogP contribution in [0.15, 0.2) is 53.4 Å². The van der Waals surface area contributed by atoms with Gasteiger partial charge in [-0.05, 0) is 42.8 Å². The lowest BCUT2D eigenvalue weighted by atomic mass is 10.2. The van der Waals surface area contributed by atoms with E-state index in [0.717, 1.165) is 5.56 Å². The number of benzene rings is 2. The molecule has 2 aromatic carbocycles. The fraction of sp³-hybridized carbons (Fsp3) is 0.0667. The fourth-order valence-corrected chi connectivity index (χ4v) is 2.32. The van der Waals surface area contributed by atoms with Crippen LogP contribution in [0.4, 0.5) is 11.4 Å². The van der Waals surface area contributed by atoms with Crippen LogP contribution in [-0.4, -0.2) is 20.2 Å². The van der Waals surface area contributed by atoms with E-state index in [9.17, 15) is 18.0 Å². The smallest absolute Gasteiger partial charge is 0.314 e. The Kier molecular flexibility index (Phi) is 4.77. The van der Waals surface area contributed by atoms with Crippen LogP contribution >= 0.6 is 0 Å². The van der Waals surface area contributed by atoms with Gasteiger partial charge in [0.2, 0.25) is 10.0 Å². The van der Waals surface area contributed by atoms with Crippen LogP contribution in [-0.2, 0) is 19.6 Å². The highest BCUT2D eigenvalue weighted by molar-refractivity contribution is 7.89. The average molecular weight is 333 g/mol. The second-order valence-electron chi connectivity index (χ2n) is 4.79. The quantitative estimate of drug-likeness (QED) is 0.732. The van der Waals surface area contributed by atoms with Crippen LogP contribution in [0, 0.1) is 6.92 Å². The Balaban J connectivity index is 2.04. The number of hydrogen-bond donors (Lipinski definition) is 3. The largest absolute Gasteiger partial charge is 0.318 e. The summed E-state index contributed by atoms with van der Waals surface area (Å²) in [5.41, 5.74) is 1.64. The highest BCUT2D eigenvalue weighted by Crippen LogP contribution is 2.14. The van der Waals surface area contributed by atoms with E-state index in [4.69, 9.17) is 5.14 Å². The van der Waals surface area contributed by atoms with Gasteiger partial charge >= 0.3 is 11.8 Å². The number of anilines is 2. The van der Waals surface area contributed by atoms with Crippen molar-refractivity contribution in [3.8, 4) is 0 Å². The zero-order valence-corrected chi connectivity index (χ0v) is 13.1. The van der Waals surface area contributed by atoms with Crippen molar-refractivity contribution < 1.29 is 18.0 Å². The Morgan fingerprint density at radius 2 is 1.48 bits per heavy atom. The third-order valence-electron chi connectivity index (χ3n) is 3.04. The van der Waals surface area contributed by atoms with Crippen LogP contribution in [0.3, 0.4) is 0 Å². The number of primary sulfonamides is 1. The summed E-state index contributed by atoms with van der Waals surface area (Å²) in [5, 5.41) is 9.85. The summed E-state index contributed by atoms with van der Waals surface area (Å²) in [4.78, 5) is 23.6. The summed E-state index contributed by atoms with van der Waals surface area (Å²) < 4.78 is 22.3. The summed E-state index contributed by atoms with van der Waals surface area (Å²) in [6, 6.07) is 12.2. The van der Waals surface area contributed by atoms with Crippen LogP contribution in [0.1, 0.15) is 5.56 Å². The van der Waals surface area contributed by atoms with Crippen molar-refractivity contribution in [3.05, 3.63) is 54.1 Å². The average Bonchev–Trinajstić information content (AvgIpc) is 2.49. The van der Waals surface area contributed by atoms with Gasteiger partial charge in [-0.1, -0.05) is 18.2 Å². The van der Waals surface area contributed by atoms with Gasteiger partial charge in [-0.3, -0.25) is 9.59 Å². The maximum Gasteiger partial charge on any atom is 0.314 e. The molecule has 8 heteroatoms. The number of para-hydroxylation sites is 1. The highest BCUT2D eigenvalue weighted by Gasteiger charge is 2.15. The van der Waals surface area contributed by atoms with Gasteiger partial charge in [0.05, 0.1) is 4.90 Å². The maximum atomic E-state index is 11.9. The number of amides is 2. The van der Waals surface area contributed by atoms with Gasteiger partial charge in [0.15, 0.2) is 0 Å². The summed E-state index contributed by atoms with van der Waals surface area (Å²) in [6.07, 6.45) is 0. The second kappa shape index (κ2) is 6.59. The monoisotopic (exact) mass is 333 g/mol. The van der Waals surface area contributed by atoms with Gasteiger partial charge in [-0.25, -0.2) is 13.6 Å². The molecule has 0 aliphatic rings. The van der Waals surface area contributed by atoms with E-state index in [0.29, 0.717) is 5.69 Å². The first-order valence-electron chi connectivity index (χ1n) is 6.58. The molecule has 4 N–H and O–H groups in total. The minimum atomic E-state index is -3.80. The van der Waals surface area contributed by atoms with Gasteiger partial charge < -0.3 is 10.6 Å². The molecule has 0 saturated heterocycles. The third kappa shape index (κ3) is 4.38. The summed E-state index contributed by atoms with van der Waals surface area (Å²) >= 11 is 0. The Morgan fingerprint density at radius 1 is 0.913 bits per heavy atom. The molecule has 0 aromatic heterocycles. The Morgan fingerprint density at radius 3 is 2.04 bits per heavy atom. The predicted octanol–water partition coefficient (Wildman–Crippen LogP) is 1.22. The molecule has 0 bridgehead atoms. The van der Waals surface area contributed by atoms with Gasteiger partial charge in [0.25, 0.3) is 0 Å². The van der Waals surface area contributed by atoms with E-state index in [2.05, 4.69) is 10.6 Å².